The number of rotatable bonds is 2. The smallest absolute Gasteiger partial charge is 0.156 e. The summed E-state index contributed by atoms with van der Waals surface area (Å²) in [6, 6.07) is 9.17. The van der Waals surface area contributed by atoms with Gasteiger partial charge in [-0.1, -0.05) is 19.3 Å². The Morgan fingerprint density at radius 2 is 1.79 bits per heavy atom. The van der Waals surface area contributed by atoms with Gasteiger partial charge in [0.15, 0.2) is 5.58 Å². The fourth-order valence-corrected chi connectivity index (χ4v) is 4.37. The van der Waals surface area contributed by atoms with Gasteiger partial charge in [-0.05, 0) is 57.0 Å². The molecule has 0 amide bonds. The normalized spacial score (nSPS) is 15.5. The van der Waals surface area contributed by atoms with E-state index < -0.39 is 0 Å². The van der Waals surface area contributed by atoms with Gasteiger partial charge in [0.05, 0.1) is 16.9 Å². The SMILES string of the molecule is Cc1cc2cc(-c3cc(F)c4cc(C5CCCCC5)nnc4c3)oc2c(C)n1. The van der Waals surface area contributed by atoms with Crippen molar-refractivity contribution < 1.29 is 8.81 Å². The number of furan rings is 1. The summed E-state index contributed by atoms with van der Waals surface area (Å²) in [5.41, 5.74) is 4.64. The van der Waals surface area contributed by atoms with Crippen LogP contribution in [0.1, 0.15) is 55.1 Å². The molecule has 1 aliphatic carbocycles. The molecule has 0 saturated heterocycles. The number of aromatic nitrogens is 3. The number of fused-ring (bicyclic) bond motifs is 2. The number of hydrogen-bond donors (Lipinski definition) is 0. The molecule has 0 N–H and O–H groups in total. The van der Waals surface area contributed by atoms with Gasteiger partial charge in [0.25, 0.3) is 0 Å². The zero-order chi connectivity index (χ0) is 19.3. The van der Waals surface area contributed by atoms with Crippen molar-refractivity contribution in [1.29, 1.82) is 0 Å². The summed E-state index contributed by atoms with van der Waals surface area (Å²) in [7, 11) is 0. The number of pyridine rings is 1. The van der Waals surface area contributed by atoms with Gasteiger partial charge < -0.3 is 4.42 Å². The lowest BCUT2D eigenvalue weighted by molar-refractivity contribution is 0.434. The van der Waals surface area contributed by atoms with Crippen molar-refractivity contribution in [3.8, 4) is 11.3 Å². The molecular weight excluding hydrogens is 353 g/mol. The molecule has 1 aromatic carbocycles. The van der Waals surface area contributed by atoms with Crippen LogP contribution < -0.4 is 0 Å². The lowest BCUT2D eigenvalue weighted by Crippen LogP contribution is -2.07. The zero-order valence-electron chi connectivity index (χ0n) is 16.1. The molecule has 4 nitrogen and oxygen atoms in total. The molecule has 5 rings (SSSR count). The standard InChI is InChI=1S/C23H22FN3O/c1-13-8-17-11-22(28-23(17)14(2)25-13)16-9-19(24)18-12-20(26-27-21(18)10-16)15-6-4-3-5-7-15/h8-12,15H,3-7H2,1-2H3. The number of aryl methyl sites for hydroxylation is 2. The van der Waals surface area contributed by atoms with Gasteiger partial charge in [-0.15, -0.1) is 0 Å². The number of nitrogens with zero attached hydrogens (tertiary/aromatic N) is 3. The Morgan fingerprint density at radius 1 is 0.964 bits per heavy atom. The van der Waals surface area contributed by atoms with Gasteiger partial charge in [0.2, 0.25) is 0 Å². The van der Waals surface area contributed by atoms with Crippen molar-refractivity contribution in [2.24, 2.45) is 0 Å². The lowest BCUT2D eigenvalue weighted by Gasteiger charge is -2.20. The van der Waals surface area contributed by atoms with Crippen molar-refractivity contribution in [3.63, 3.8) is 0 Å². The lowest BCUT2D eigenvalue weighted by atomic mass is 9.86. The third kappa shape index (κ3) is 2.95. The average molecular weight is 375 g/mol. The summed E-state index contributed by atoms with van der Waals surface area (Å²) in [6.45, 7) is 3.87. The molecule has 0 unspecified atom stereocenters. The fourth-order valence-electron chi connectivity index (χ4n) is 4.37. The monoisotopic (exact) mass is 375 g/mol. The minimum Gasteiger partial charge on any atom is -0.454 e. The largest absolute Gasteiger partial charge is 0.454 e. The molecule has 1 aliphatic rings. The molecule has 5 heteroatoms. The Morgan fingerprint density at radius 3 is 2.61 bits per heavy atom. The summed E-state index contributed by atoms with van der Waals surface area (Å²) in [6.07, 6.45) is 5.94. The third-order valence-corrected chi connectivity index (χ3v) is 5.78. The van der Waals surface area contributed by atoms with Gasteiger partial charge in [0, 0.05) is 27.9 Å². The van der Waals surface area contributed by atoms with E-state index >= 15 is 0 Å². The maximum atomic E-state index is 15.0. The first-order valence-electron chi connectivity index (χ1n) is 9.93. The molecule has 1 saturated carbocycles. The summed E-state index contributed by atoms with van der Waals surface area (Å²) < 4.78 is 20.9. The molecule has 3 heterocycles. The molecule has 0 aliphatic heterocycles. The van der Waals surface area contributed by atoms with Crippen LogP contribution in [0, 0.1) is 19.7 Å². The van der Waals surface area contributed by atoms with Crippen molar-refractivity contribution in [1.82, 2.24) is 15.2 Å². The van der Waals surface area contributed by atoms with E-state index in [1.54, 1.807) is 0 Å². The molecule has 0 spiro atoms. The zero-order valence-corrected chi connectivity index (χ0v) is 16.1. The summed E-state index contributed by atoms with van der Waals surface area (Å²) in [5, 5.41) is 10.3. The van der Waals surface area contributed by atoms with E-state index in [4.69, 9.17) is 4.42 Å². The van der Waals surface area contributed by atoms with Gasteiger partial charge in [-0.3, -0.25) is 4.98 Å². The maximum Gasteiger partial charge on any atom is 0.156 e. The van der Waals surface area contributed by atoms with E-state index in [0.29, 0.717) is 28.1 Å². The van der Waals surface area contributed by atoms with E-state index in [9.17, 15) is 4.39 Å². The van der Waals surface area contributed by atoms with E-state index in [1.807, 2.05) is 38.1 Å². The highest BCUT2D eigenvalue weighted by Crippen LogP contribution is 2.35. The first kappa shape index (κ1) is 17.3. The van der Waals surface area contributed by atoms with Crippen molar-refractivity contribution >= 4 is 21.9 Å². The van der Waals surface area contributed by atoms with Crippen LogP contribution in [0.25, 0.3) is 33.2 Å². The van der Waals surface area contributed by atoms with Crippen LogP contribution in [-0.2, 0) is 0 Å². The second-order valence-corrected chi connectivity index (χ2v) is 7.87. The minimum atomic E-state index is -0.286. The van der Waals surface area contributed by atoms with Gasteiger partial charge in [0.1, 0.15) is 11.6 Å². The van der Waals surface area contributed by atoms with Crippen molar-refractivity contribution in [3.05, 3.63) is 53.2 Å². The molecule has 0 atom stereocenters. The Bertz CT molecular complexity index is 1190. The molecular formula is C23H22FN3O. The quantitative estimate of drug-likeness (QED) is 0.416. The maximum absolute atomic E-state index is 15.0. The van der Waals surface area contributed by atoms with Crippen LogP contribution in [-0.4, -0.2) is 15.2 Å². The summed E-state index contributed by atoms with van der Waals surface area (Å²) in [4.78, 5) is 4.44. The van der Waals surface area contributed by atoms with Crippen LogP contribution in [0.5, 0.6) is 0 Å². The van der Waals surface area contributed by atoms with Crippen LogP contribution in [0.3, 0.4) is 0 Å². The molecule has 142 valence electrons. The predicted octanol–water partition coefficient (Wildman–Crippen LogP) is 6.24. The number of halogens is 1. The predicted molar refractivity (Wildman–Crippen MR) is 108 cm³/mol. The van der Waals surface area contributed by atoms with Crippen molar-refractivity contribution in [2.75, 3.05) is 0 Å². The molecule has 0 radical (unpaired) electrons. The van der Waals surface area contributed by atoms with Crippen LogP contribution in [0.2, 0.25) is 0 Å². The highest BCUT2D eigenvalue weighted by atomic mass is 19.1. The first-order valence-corrected chi connectivity index (χ1v) is 9.93. The van der Waals surface area contributed by atoms with Crippen LogP contribution >= 0.6 is 0 Å². The van der Waals surface area contributed by atoms with Crippen molar-refractivity contribution in [2.45, 2.75) is 51.9 Å². The number of hydrogen-bond acceptors (Lipinski definition) is 4. The molecule has 4 aromatic rings. The summed E-state index contributed by atoms with van der Waals surface area (Å²) in [5.74, 6) is 0.731. The molecule has 3 aromatic heterocycles. The van der Waals surface area contributed by atoms with E-state index in [2.05, 4.69) is 15.2 Å². The summed E-state index contributed by atoms with van der Waals surface area (Å²) >= 11 is 0. The average Bonchev–Trinajstić information content (AvgIpc) is 3.13. The Balaban J connectivity index is 1.58. The van der Waals surface area contributed by atoms with Gasteiger partial charge in [-0.2, -0.15) is 10.2 Å². The second-order valence-electron chi connectivity index (χ2n) is 7.87. The van der Waals surface area contributed by atoms with E-state index in [-0.39, 0.29) is 5.82 Å². The van der Waals surface area contributed by atoms with E-state index in [1.165, 1.54) is 25.3 Å². The molecule has 0 bridgehead atoms. The Kier molecular flexibility index (Phi) is 4.11. The third-order valence-electron chi connectivity index (χ3n) is 5.78. The Labute approximate surface area is 162 Å². The highest BCUT2D eigenvalue weighted by molar-refractivity contribution is 5.88. The second kappa shape index (κ2) is 6.66. The first-order chi connectivity index (χ1) is 13.6. The molecule has 28 heavy (non-hydrogen) atoms. The van der Waals surface area contributed by atoms with Crippen LogP contribution in [0.4, 0.5) is 4.39 Å². The van der Waals surface area contributed by atoms with Gasteiger partial charge >= 0.3 is 0 Å². The van der Waals surface area contributed by atoms with Gasteiger partial charge in [-0.25, -0.2) is 4.39 Å². The topological polar surface area (TPSA) is 51.8 Å². The number of benzene rings is 1. The molecule has 1 fully saturated rings. The van der Waals surface area contributed by atoms with Crippen LogP contribution in [0.15, 0.2) is 34.7 Å². The van der Waals surface area contributed by atoms with E-state index in [0.717, 1.165) is 40.9 Å². The highest BCUT2D eigenvalue weighted by Gasteiger charge is 2.19. The fraction of sp³-hybridized carbons (Fsp3) is 0.348. The minimum absolute atomic E-state index is 0.286. The Hall–Kier alpha value is -2.82.